The molecule has 2 aliphatic carbocycles. The van der Waals surface area contributed by atoms with Gasteiger partial charge >= 0.3 is 11.9 Å². The summed E-state index contributed by atoms with van der Waals surface area (Å²) in [5.41, 5.74) is 1.46. The van der Waals surface area contributed by atoms with Gasteiger partial charge in [-0.2, -0.15) is 0 Å². The van der Waals surface area contributed by atoms with Crippen LogP contribution in [0.3, 0.4) is 0 Å². The van der Waals surface area contributed by atoms with E-state index in [1.165, 1.54) is 11.3 Å². The van der Waals surface area contributed by atoms with Crippen molar-refractivity contribution in [2.75, 3.05) is 11.9 Å². The lowest BCUT2D eigenvalue weighted by atomic mass is 9.88. The highest BCUT2D eigenvalue weighted by atomic mass is 32.1. The van der Waals surface area contributed by atoms with Crippen LogP contribution in [0.25, 0.3) is 0 Å². The molecule has 3 rings (SSSR count). The highest BCUT2D eigenvalue weighted by Gasteiger charge is 2.32. The van der Waals surface area contributed by atoms with Gasteiger partial charge in [-0.3, -0.25) is 9.59 Å². The summed E-state index contributed by atoms with van der Waals surface area (Å²) in [4.78, 5) is 37.5. The molecule has 142 valence electrons. The summed E-state index contributed by atoms with van der Waals surface area (Å²) < 4.78 is 10.4. The predicted molar refractivity (Wildman–Crippen MR) is 98.4 cm³/mol. The van der Waals surface area contributed by atoms with Crippen molar-refractivity contribution in [2.24, 2.45) is 11.8 Å². The van der Waals surface area contributed by atoms with Gasteiger partial charge in [0.15, 0.2) is 6.61 Å². The molecule has 1 aromatic rings. The Morgan fingerprint density at radius 2 is 1.96 bits per heavy atom. The largest absolute Gasteiger partial charge is 0.459 e. The molecular formula is C19H25NO5S. The van der Waals surface area contributed by atoms with Crippen molar-refractivity contribution >= 4 is 34.2 Å². The molecule has 1 fully saturated rings. The monoisotopic (exact) mass is 379 g/mol. The van der Waals surface area contributed by atoms with Gasteiger partial charge in [0.25, 0.3) is 5.91 Å². The number of fused-ring (bicyclic) bond motifs is 1. The van der Waals surface area contributed by atoms with Crippen molar-refractivity contribution in [2.45, 2.75) is 59.0 Å². The molecule has 0 bridgehead atoms. The fraction of sp³-hybridized carbons (Fsp3) is 0.632. The summed E-state index contributed by atoms with van der Waals surface area (Å²) in [6.07, 6.45) is 4.15. The first-order chi connectivity index (χ1) is 12.3. The minimum Gasteiger partial charge on any atom is -0.459 e. The number of anilines is 1. The summed E-state index contributed by atoms with van der Waals surface area (Å²) in [7, 11) is 0. The van der Waals surface area contributed by atoms with Gasteiger partial charge in [-0.1, -0.05) is 6.92 Å². The van der Waals surface area contributed by atoms with Gasteiger partial charge in [0.2, 0.25) is 0 Å². The van der Waals surface area contributed by atoms with Crippen molar-refractivity contribution in [3.63, 3.8) is 0 Å². The molecule has 0 saturated heterocycles. The Kier molecular flexibility index (Phi) is 5.65. The molecule has 2 aliphatic rings. The molecule has 0 unspecified atom stereocenters. The molecule has 0 aliphatic heterocycles. The van der Waals surface area contributed by atoms with E-state index in [0.29, 0.717) is 16.5 Å². The maximum Gasteiger partial charge on any atom is 0.341 e. The molecule has 1 N–H and O–H groups in total. The Bertz CT molecular complexity index is 720. The number of carbonyl (C=O) groups excluding carboxylic acids is 3. The number of ether oxygens (including phenoxy) is 2. The van der Waals surface area contributed by atoms with E-state index in [-0.39, 0.29) is 24.6 Å². The Morgan fingerprint density at radius 1 is 1.23 bits per heavy atom. The van der Waals surface area contributed by atoms with Gasteiger partial charge in [0, 0.05) is 4.88 Å². The third-order valence-electron chi connectivity index (χ3n) is 4.57. The smallest absolute Gasteiger partial charge is 0.341 e. The fourth-order valence-corrected chi connectivity index (χ4v) is 4.48. The normalized spacial score (nSPS) is 19.0. The predicted octanol–water partition coefficient (Wildman–Crippen LogP) is 3.33. The van der Waals surface area contributed by atoms with Crippen molar-refractivity contribution in [1.82, 2.24) is 0 Å². The minimum absolute atomic E-state index is 0.0464. The Hall–Kier alpha value is -1.89. The first kappa shape index (κ1) is 18.9. The molecule has 0 spiro atoms. The van der Waals surface area contributed by atoms with E-state index in [0.717, 1.165) is 42.5 Å². The molecule has 0 radical (unpaired) electrons. The number of nitrogens with one attached hydrogen (secondary N) is 1. The van der Waals surface area contributed by atoms with Gasteiger partial charge in [0.1, 0.15) is 5.00 Å². The standard InChI is InChI=1S/C19H25NO5S/c1-10(2)25-19(23)16-13-7-4-11(3)8-14(13)26-17(16)20-15(21)9-24-18(22)12-5-6-12/h10-12H,4-9H2,1-3H3,(H,20,21)/t11-/m0/s1. The number of carbonyl (C=O) groups is 3. The number of hydrogen-bond donors (Lipinski definition) is 1. The summed E-state index contributed by atoms with van der Waals surface area (Å²) in [6.45, 7) is 5.46. The van der Waals surface area contributed by atoms with E-state index in [9.17, 15) is 14.4 Å². The summed E-state index contributed by atoms with van der Waals surface area (Å²) in [6, 6.07) is 0. The zero-order valence-corrected chi connectivity index (χ0v) is 16.2. The molecule has 1 heterocycles. The van der Waals surface area contributed by atoms with Crippen LogP contribution < -0.4 is 5.32 Å². The highest BCUT2D eigenvalue weighted by molar-refractivity contribution is 7.17. The lowest BCUT2D eigenvalue weighted by Crippen LogP contribution is -2.23. The summed E-state index contributed by atoms with van der Waals surface area (Å²) in [5, 5.41) is 3.26. The molecule has 0 aromatic carbocycles. The molecule has 1 aromatic heterocycles. The number of esters is 2. The van der Waals surface area contributed by atoms with E-state index < -0.39 is 11.9 Å². The molecule has 1 atom stereocenters. The number of rotatable bonds is 6. The average molecular weight is 379 g/mol. The maximum atomic E-state index is 12.6. The zero-order valence-electron chi connectivity index (χ0n) is 15.4. The van der Waals surface area contributed by atoms with Crippen LogP contribution >= 0.6 is 11.3 Å². The molecule has 6 nitrogen and oxygen atoms in total. The van der Waals surface area contributed by atoms with Gasteiger partial charge in [0.05, 0.1) is 17.6 Å². The lowest BCUT2D eigenvalue weighted by Gasteiger charge is -2.18. The van der Waals surface area contributed by atoms with Gasteiger partial charge in [-0.05, 0) is 57.4 Å². The number of thiophene rings is 1. The van der Waals surface area contributed by atoms with Crippen LogP contribution in [0.4, 0.5) is 5.00 Å². The highest BCUT2D eigenvalue weighted by Crippen LogP contribution is 2.40. The van der Waals surface area contributed by atoms with E-state index in [4.69, 9.17) is 9.47 Å². The average Bonchev–Trinajstić information content (AvgIpc) is 3.34. The maximum absolute atomic E-state index is 12.6. The van der Waals surface area contributed by atoms with Crippen molar-refractivity contribution in [1.29, 1.82) is 0 Å². The molecule has 26 heavy (non-hydrogen) atoms. The van der Waals surface area contributed by atoms with Crippen LogP contribution in [0.1, 0.15) is 60.8 Å². The molecule has 7 heteroatoms. The SMILES string of the molecule is CC(C)OC(=O)c1c(NC(=O)COC(=O)C2CC2)sc2c1CC[C@H](C)C2. The number of amides is 1. The van der Waals surface area contributed by atoms with Crippen LogP contribution in [-0.4, -0.2) is 30.6 Å². The van der Waals surface area contributed by atoms with Crippen LogP contribution in [0.15, 0.2) is 0 Å². The van der Waals surface area contributed by atoms with Crippen molar-refractivity contribution < 1.29 is 23.9 Å². The first-order valence-electron chi connectivity index (χ1n) is 9.17. The van der Waals surface area contributed by atoms with E-state index in [1.54, 1.807) is 13.8 Å². The second-order valence-corrected chi connectivity index (χ2v) is 8.55. The Labute approximate surface area is 157 Å². The summed E-state index contributed by atoms with van der Waals surface area (Å²) >= 11 is 1.43. The molecule has 1 amide bonds. The third-order valence-corrected chi connectivity index (χ3v) is 5.74. The molecular weight excluding hydrogens is 354 g/mol. The van der Waals surface area contributed by atoms with Gasteiger partial charge in [-0.25, -0.2) is 4.79 Å². The Morgan fingerprint density at radius 3 is 2.62 bits per heavy atom. The van der Waals surface area contributed by atoms with Crippen LogP contribution in [0.5, 0.6) is 0 Å². The topological polar surface area (TPSA) is 81.7 Å². The van der Waals surface area contributed by atoms with Gasteiger partial charge < -0.3 is 14.8 Å². The zero-order chi connectivity index (χ0) is 18.8. The quantitative estimate of drug-likeness (QED) is 0.767. The lowest BCUT2D eigenvalue weighted by molar-refractivity contribution is -0.148. The first-order valence-corrected chi connectivity index (χ1v) is 9.98. The molecule has 1 saturated carbocycles. The van der Waals surface area contributed by atoms with E-state index >= 15 is 0 Å². The fourth-order valence-electron chi connectivity index (χ4n) is 3.06. The minimum atomic E-state index is -0.427. The number of hydrogen-bond acceptors (Lipinski definition) is 6. The van der Waals surface area contributed by atoms with Crippen LogP contribution in [0.2, 0.25) is 0 Å². The van der Waals surface area contributed by atoms with Crippen LogP contribution in [-0.2, 0) is 31.9 Å². The van der Waals surface area contributed by atoms with Crippen LogP contribution in [0, 0.1) is 11.8 Å². The third kappa shape index (κ3) is 4.44. The second kappa shape index (κ2) is 7.78. The Balaban J connectivity index is 1.75. The van der Waals surface area contributed by atoms with Crippen molar-refractivity contribution in [3.8, 4) is 0 Å². The second-order valence-electron chi connectivity index (χ2n) is 7.44. The van der Waals surface area contributed by atoms with Gasteiger partial charge in [-0.15, -0.1) is 11.3 Å². The van der Waals surface area contributed by atoms with E-state index in [1.807, 2.05) is 0 Å². The van der Waals surface area contributed by atoms with E-state index in [2.05, 4.69) is 12.2 Å². The summed E-state index contributed by atoms with van der Waals surface area (Å²) in [5.74, 6) is -0.645. The van der Waals surface area contributed by atoms with Crippen molar-refractivity contribution in [3.05, 3.63) is 16.0 Å².